The number of nitrogens with one attached hydrogen (secondary N) is 2. The molecule has 27 heavy (non-hydrogen) atoms. The van der Waals surface area contributed by atoms with Crippen LogP contribution in [0.1, 0.15) is 41.4 Å². The number of carbonyl (C=O) groups is 2. The van der Waals surface area contributed by atoms with E-state index in [0.29, 0.717) is 30.3 Å². The van der Waals surface area contributed by atoms with E-state index in [4.69, 9.17) is 0 Å². The molecular formula is C18H24ClN5O3. The van der Waals surface area contributed by atoms with Crippen LogP contribution in [0.3, 0.4) is 0 Å². The van der Waals surface area contributed by atoms with Crippen LogP contribution in [-0.2, 0) is 16.0 Å². The Balaban J connectivity index is 0.00000261. The predicted octanol–water partition coefficient (Wildman–Crippen LogP) is 1.98. The molecule has 0 bridgehead atoms. The first-order valence-corrected chi connectivity index (χ1v) is 8.75. The monoisotopic (exact) mass is 393 g/mol. The van der Waals surface area contributed by atoms with Crippen molar-refractivity contribution in [2.45, 2.75) is 31.7 Å². The number of piperidine rings is 1. The summed E-state index contributed by atoms with van der Waals surface area (Å²) in [6.07, 6.45) is 4.61. The number of rotatable bonds is 6. The molecule has 1 saturated heterocycles. The number of benzene rings is 1. The van der Waals surface area contributed by atoms with E-state index in [1.807, 2.05) is 24.3 Å². The molecule has 0 unspecified atom stereocenters. The highest BCUT2D eigenvalue weighted by Gasteiger charge is 2.18. The lowest BCUT2D eigenvalue weighted by Crippen LogP contribution is -2.29. The number of hydrogen-bond donors (Lipinski definition) is 2. The average molecular weight is 394 g/mol. The van der Waals surface area contributed by atoms with Crippen LogP contribution in [-0.4, -0.2) is 47.1 Å². The number of carbonyl (C=O) groups excluding carboxylic acids is 2. The van der Waals surface area contributed by atoms with Gasteiger partial charge in [0.1, 0.15) is 0 Å². The van der Waals surface area contributed by atoms with Gasteiger partial charge in [-0.3, -0.25) is 9.59 Å². The van der Waals surface area contributed by atoms with Gasteiger partial charge < -0.3 is 15.4 Å². The fourth-order valence-electron chi connectivity index (χ4n) is 2.93. The molecule has 2 N–H and O–H groups in total. The highest BCUT2D eigenvalue weighted by molar-refractivity contribution is 6.02. The molecule has 0 saturated carbocycles. The van der Waals surface area contributed by atoms with Gasteiger partial charge in [-0.1, -0.05) is 17.3 Å². The molecule has 1 aliphatic heterocycles. The molecule has 0 spiro atoms. The number of methoxy groups -OCH3 is 1. The summed E-state index contributed by atoms with van der Waals surface area (Å²) in [5.41, 5.74) is 1.98. The van der Waals surface area contributed by atoms with E-state index >= 15 is 0 Å². The smallest absolute Gasteiger partial charge is 0.305 e. The maximum Gasteiger partial charge on any atom is 0.305 e. The van der Waals surface area contributed by atoms with Crippen molar-refractivity contribution in [3.63, 3.8) is 0 Å². The van der Waals surface area contributed by atoms with Crippen LogP contribution in [0.15, 0.2) is 30.5 Å². The number of nitrogens with zero attached hydrogens (tertiary/aromatic N) is 3. The molecule has 1 aromatic heterocycles. The number of halogens is 1. The summed E-state index contributed by atoms with van der Waals surface area (Å²) in [7, 11) is 1.38. The third-order valence-electron chi connectivity index (χ3n) is 4.48. The highest BCUT2D eigenvalue weighted by atomic mass is 35.5. The summed E-state index contributed by atoms with van der Waals surface area (Å²) in [5.74, 6) is -0.522. The first-order chi connectivity index (χ1) is 12.7. The molecule has 0 atom stereocenters. The summed E-state index contributed by atoms with van der Waals surface area (Å²) in [6.45, 7) is 1.91. The van der Waals surface area contributed by atoms with Crippen molar-refractivity contribution in [2.75, 3.05) is 25.5 Å². The minimum Gasteiger partial charge on any atom is -0.469 e. The summed E-state index contributed by atoms with van der Waals surface area (Å²) in [6, 6.07) is 7.66. The number of esters is 1. The Kier molecular flexibility index (Phi) is 7.75. The lowest BCUT2D eigenvalue weighted by atomic mass is 10.1. The molecule has 1 aromatic carbocycles. The zero-order valence-corrected chi connectivity index (χ0v) is 16.0. The third-order valence-corrected chi connectivity index (χ3v) is 4.48. The Labute approximate surface area is 164 Å². The van der Waals surface area contributed by atoms with Crippen LogP contribution in [0.25, 0.3) is 0 Å². The molecular weight excluding hydrogens is 370 g/mol. The molecule has 2 heterocycles. The molecule has 9 heteroatoms. The van der Waals surface area contributed by atoms with Crippen molar-refractivity contribution in [2.24, 2.45) is 0 Å². The van der Waals surface area contributed by atoms with Gasteiger partial charge in [-0.2, -0.15) is 0 Å². The van der Waals surface area contributed by atoms with Crippen molar-refractivity contribution < 1.29 is 14.3 Å². The first kappa shape index (κ1) is 20.9. The van der Waals surface area contributed by atoms with Crippen LogP contribution in [0, 0.1) is 0 Å². The van der Waals surface area contributed by atoms with Gasteiger partial charge in [-0.05, 0) is 50.0 Å². The second-order valence-corrected chi connectivity index (χ2v) is 6.29. The Hall–Kier alpha value is -2.45. The van der Waals surface area contributed by atoms with Crippen molar-refractivity contribution in [3.05, 3.63) is 41.7 Å². The quantitative estimate of drug-likeness (QED) is 0.728. The SMILES string of the molecule is COC(=O)CCc1ccc(NC(=O)c2cn(C3CCNCC3)nn2)cc1.Cl. The zero-order chi connectivity index (χ0) is 18.4. The normalized spacial score (nSPS) is 14.3. The number of aromatic nitrogens is 3. The van der Waals surface area contributed by atoms with Gasteiger partial charge in [0.25, 0.3) is 5.91 Å². The van der Waals surface area contributed by atoms with Gasteiger partial charge in [0, 0.05) is 12.1 Å². The first-order valence-electron chi connectivity index (χ1n) is 8.75. The summed E-state index contributed by atoms with van der Waals surface area (Å²) >= 11 is 0. The van der Waals surface area contributed by atoms with Crippen LogP contribution >= 0.6 is 12.4 Å². The van der Waals surface area contributed by atoms with Crippen molar-refractivity contribution in [1.29, 1.82) is 0 Å². The summed E-state index contributed by atoms with van der Waals surface area (Å²) in [4.78, 5) is 23.5. The number of anilines is 1. The van der Waals surface area contributed by atoms with E-state index in [1.165, 1.54) is 7.11 Å². The Morgan fingerprint density at radius 2 is 1.96 bits per heavy atom. The molecule has 0 radical (unpaired) electrons. The van der Waals surface area contributed by atoms with E-state index in [0.717, 1.165) is 31.5 Å². The van der Waals surface area contributed by atoms with Crippen LogP contribution < -0.4 is 10.6 Å². The lowest BCUT2D eigenvalue weighted by Gasteiger charge is -2.22. The van der Waals surface area contributed by atoms with E-state index in [1.54, 1.807) is 10.9 Å². The second kappa shape index (κ2) is 10.0. The van der Waals surface area contributed by atoms with Gasteiger partial charge in [0.05, 0.1) is 19.3 Å². The number of hydrogen-bond acceptors (Lipinski definition) is 6. The van der Waals surface area contributed by atoms with Crippen molar-refractivity contribution in [1.82, 2.24) is 20.3 Å². The van der Waals surface area contributed by atoms with Crippen LogP contribution in [0.5, 0.6) is 0 Å². The van der Waals surface area contributed by atoms with Gasteiger partial charge in [-0.25, -0.2) is 4.68 Å². The third kappa shape index (κ3) is 5.77. The Morgan fingerprint density at radius 1 is 1.26 bits per heavy atom. The number of ether oxygens (including phenoxy) is 1. The maximum absolute atomic E-state index is 12.3. The van der Waals surface area contributed by atoms with Gasteiger partial charge >= 0.3 is 5.97 Å². The summed E-state index contributed by atoms with van der Waals surface area (Å²) in [5, 5.41) is 14.2. The standard InChI is InChI=1S/C18H23N5O3.ClH/c1-26-17(24)7-4-13-2-5-14(6-3-13)20-18(25)16-12-23(22-21-16)15-8-10-19-11-9-15;/h2-3,5-6,12,15,19H,4,7-11H2,1H3,(H,20,25);1H. The van der Waals surface area contributed by atoms with Crippen LogP contribution in [0.4, 0.5) is 5.69 Å². The molecule has 1 amide bonds. The fraction of sp³-hybridized carbons (Fsp3) is 0.444. The van der Waals surface area contributed by atoms with E-state index in [2.05, 4.69) is 25.7 Å². The lowest BCUT2D eigenvalue weighted by molar-refractivity contribution is -0.140. The molecule has 8 nitrogen and oxygen atoms in total. The van der Waals surface area contributed by atoms with Crippen molar-refractivity contribution >= 4 is 30.0 Å². The minimum atomic E-state index is -0.285. The Morgan fingerprint density at radius 3 is 2.63 bits per heavy atom. The van der Waals surface area contributed by atoms with E-state index in [9.17, 15) is 9.59 Å². The second-order valence-electron chi connectivity index (χ2n) is 6.29. The van der Waals surface area contributed by atoms with Gasteiger partial charge in [0.2, 0.25) is 0 Å². The van der Waals surface area contributed by atoms with E-state index in [-0.39, 0.29) is 24.3 Å². The topological polar surface area (TPSA) is 98.1 Å². The largest absolute Gasteiger partial charge is 0.469 e. The summed E-state index contributed by atoms with van der Waals surface area (Å²) < 4.78 is 6.41. The maximum atomic E-state index is 12.3. The van der Waals surface area contributed by atoms with E-state index < -0.39 is 0 Å². The fourth-order valence-corrected chi connectivity index (χ4v) is 2.93. The zero-order valence-electron chi connectivity index (χ0n) is 15.2. The van der Waals surface area contributed by atoms with Crippen molar-refractivity contribution in [3.8, 4) is 0 Å². The molecule has 1 fully saturated rings. The molecule has 3 rings (SSSR count). The molecule has 0 aliphatic carbocycles. The molecule has 146 valence electrons. The number of amides is 1. The molecule has 2 aromatic rings. The minimum absolute atomic E-state index is 0. The predicted molar refractivity (Wildman–Crippen MR) is 103 cm³/mol. The highest BCUT2D eigenvalue weighted by Crippen LogP contribution is 2.18. The van der Waals surface area contributed by atoms with Gasteiger partial charge in [-0.15, -0.1) is 17.5 Å². The Bertz CT molecular complexity index is 757. The average Bonchev–Trinajstić information content (AvgIpc) is 3.18. The van der Waals surface area contributed by atoms with Crippen LogP contribution in [0.2, 0.25) is 0 Å². The molecule has 1 aliphatic rings. The van der Waals surface area contributed by atoms with Gasteiger partial charge in [0.15, 0.2) is 5.69 Å². The number of aryl methyl sites for hydroxylation is 1.